The minimum atomic E-state index is -0.653. The topological polar surface area (TPSA) is 56.7 Å². The van der Waals surface area contributed by atoms with Crippen LogP contribution >= 0.6 is 0 Å². The molecule has 3 aromatic carbocycles. The van der Waals surface area contributed by atoms with Crippen molar-refractivity contribution in [2.45, 2.75) is 5.54 Å². The fourth-order valence-electron chi connectivity index (χ4n) is 4.11. The van der Waals surface area contributed by atoms with Crippen LogP contribution in [0.1, 0.15) is 16.7 Å². The van der Waals surface area contributed by atoms with Gasteiger partial charge in [-0.15, -0.1) is 0 Å². The van der Waals surface area contributed by atoms with E-state index in [1.165, 1.54) is 0 Å². The number of anilines is 1. The zero-order valence-corrected chi connectivity index (χ0v) is 15.8. The SMILES string of the molecule is Nc1cc2c(cn1)cnn2C(c1ccccc1)(c1ccccc1)c1ccccc1. The van der Waals surface area contributed by atoms with Crippen LogP contribution in [0.2, 0.25) is 0 Å². The molecule has 2 N–H and O–H groups in total. The lowest BCUT2D eigenvalue weighted by molar-refractivity contribution is 0.476. The van der Waals surface area contributed by atoms with Crippen LogP contribution in [0.4, 0.5) is 5.82 Å². The summed E-state index contributed by atoms with van der Waals surface area (Å²) in [6.07, 6.45) is 3.63. The molecule has 0 fully saturated rings. The second-order valence-corrected chi connectivity index (χ2v) is 7.03. The van der Waals surface area contributed by atoms with E-state index in [1.54, 1.807) is 6.20 Å². The standard InChI is InChI=1S/C25H20N4/c26-24-16-23-19(17-27-24)18-28-29(23)25(20-10-4-1-5-11-20,21-12-6-2-7-13-21)22-14-8-3-9-15-22/h1-18H,(H2,26,27). The number of pyridine rings is 1. The van der Waals surface area contributed by atoms with Crippen LogP contribution in [0.3, 0.4) is 0 Å². The lowest BCUT2D eigenvalue weighted by Crippen LogP contribution is -2.38. The van der Waals surface area contributed by atoms with Gasteiger partial charge in [0.25, 0.3) is 0 Å². The minimum absolute atomic E-state index is 0.474. The van der Waals surface area contributed by atoms with Crippen molar-refractivity contribution in [3.05, 3.63) is 126 Å². The molecule has 2 heterocycles. The van der Waals surface area contributed by atoms with Gasteiger partial charge in [0.05, 0.1) is 11.7 Å². The number of nitrogens with zero attached hydrogens (tertiary/aromatic N) is 3. The smallest absolute Gasteiger partial charge is 0.138 e. The molecule has 0 saturated heterocycles. The molecule has 29 heavy (non-hydrogen) atoms. The van der Waals surface area contributed by atoms with Crippen molar-refractivity contribution in [1.82, 2.24) is 14.8 Å². The van der Waals surface area contributed by atoms with Gasteiger partial charge in [0.15, 0.2) is 0 Å². The number of hydrogen-bond donors (Lipinski definition) is 1. The molecule has 140 valence electrons. The fourth-order valence-corrected chi connectivity index (χ4v) is 4.11. The van der Waals surface area contributed by atoms with E-state index in [0.29, 0.717) is 5.82 Å². The van der Waals surface area contributed by atoms with Crippen LogP contribution in [0, 0.1) is 0 Å². The van der Waals surface area contributed by atoms with E-state index in [0.717, 1.165) is 27.6 Å². The average molecular weight is 376 g/mol. The first-order valence-electron chi connectivity index (χ1n) is 9.56. The molecule has 0 amide bonds. The molecule has 0 aliphatic rings. The molecule has 2 aromatic heterocycles. The highest BCUT2D eigenvalue weighted by atomic mass is 15.3. The second kappa shape index (κ2) is 6.91. The van der Waals surface area contributed by atoms with Gasteiger partial charge in [0, 0.05) is 17.6 Å². The Morgan fingerprint density at radius 2 is 1.14 bits per heavy atom. The molecule has 5 rings (SSSR count). The zero-order valence-electron chi connectivity index (χ0n) is 15.8. The Morgan fingerprint density at radius 1 is 0.655 bits per heavy atom. The van der Waals surface area contributed by atoms with E-state index in [-0.39, 0.29) is 0 Å². The lowest BCUT2D eigenvalue weighted by Gasteiger charge is -2.37. The first-order valence-corrected chi connectivity index (χ1v) is 9.56. The number of aromatic nitrogens is 3. The summed E-state index contributed by atoms with van der Waals surface area (Å²) < 4.78 is 2.07. The Balaban J connectivity index is 1.97. The van der Waals surface area contributed by atoms with Crippen LogP contribution < -0.4 is 5.73 Å². The number of benzene rings is 3. The third-order valence-corrected chi connectivity index (χ3v) is 5.37. The number of nitrogen functional groups attached to an aromatic ring is 1. The first-order chi connectivity index (χ1) is 14.3. The quantitative estimate of drug-likeness (QED) is 0.456. The third kappa shape index (κ3) is 2.69. The van der Waals surface area contributed by atoms with Crippen molar-refractivity contribution in [1.29, 1.82) is 0 Å². The Morgan fingerprint density at radius 3 is 1.62 bits per heavy atom. The summed E-state index contributed by atoms with van der Waals surface area (Å²) in [6, 6.07) is 33.3. The molecule has 4 nitrogen and oxygen atoms in total. The van der Waals surface area contributed by atoms with Gasteiger partial charge in [-0.25, -0.2) is 9.67 Å². The molecule has 0 bridgehead atoms. The molecule has 4 heteroatoms. The van der Waals surface area contributed by atoms with E-state index >= 15 is 0 Å². The van der Waals surface area contributed by atoms with Crippen molar-refractivity contribution >= 4 is 16.7 Å². The zero-order chi connectivity index (χ0) is 19.7. The molecule has 0 radical (unpaired) electrons. The normalized spacial score (nSPS) is 11.6. The van der Waals surface area contributed by atoms with Gasteiger partial charge in [0.1, 0.15) is 11.4 Å². The number of rotatable bonds is 4. The Kier molecular flexibility index (Phi) is 4.10. The number of hydrogen-bond acceptors (Lipinski definition) is 3. The van der Waals surface area contributed by atoms with Crippen molar-refractivity contribution < 1.29 is 0 Å². The average Bonchev–Trinajstić information content (AvgIpc) is 3.20. The second-order valence-electron chi connectivity index (χ2n) is 7.03. The Bertz CT molecular complexity index is 1150. The van der Waals surface area contributed by atoms with E-state index < -0.39 is 5.54 Å². The molecular weight excluding hydrogens is 356 g/mol. The van der Waals surface area contributed by atoms with E-state index in [2.05, 4.69) is 82.5 Å². The van der Waals surface area contributed by atoms with Crippen LogP contribution in [0.25, 0.3) is 10.9 Å². The molecule has 5 aromatic rings. The largest absolute Gasteiger partial charge is 0.384 e. The molecule has 0 saturated carbocycles. The van der Waals surface area contributed by atoms with Gasteiger partial charge < -0.3 is 5.73 Å². The van der Waals surface area contributed by atoms with Crippen molar-refractivity contribution in [3.8, 4) is 0 Å². The van der Waals surface area contributed by atoms with Gasteiger partial charge in [-0.05, 0) is 16.7 Å². The van der Waals surface area contributed by atoms with E-state index in [1.807, 2.05) is 30.5 Å². The predicted octanol–water partition coefficient (Wildman–Crippen LogP) is 4.85. The van der Waals surface area contributed by atoms with Gasteiger partial charge >= 0.3 is 0 Å². The molecule has 0 aliphatic carbocycles. The Labute approximate surface area is 169 Å². The minimum Gasteiger partial charge on any atom is -0.384 e. The van der Waals surface area contributed by atoms with Crippen molar-refractivity contribution in [2.24, 2.45) is 0 Å². The van der Waals surface area contributed by atoms with Crippen LogP contribution in [0.15, 0.2) is 109 Å². The summed E-state index contributed by atoms with van der Waals surface area (Å²) in [4.78, 5) is 4.25. The van der Waals surface area contributed by atoms with Gasteiger partial charge in [0.2, 0.25) is 0 Å². The summed E-state index contributed by atoms with van der Waals surface area (Å²) >= 11 is 0. The van der Waals surface area contributed by atoms with Gasteiger partial charge in [-0.2, -0.15) is 5.10 Å². The summed E-state index contributed by atoms with van der Waals surface area (Å²) in [5.41, 5.74) is 9.71. The number of fused-ring (bicyclic) bond motifs is 1. The predicted molar refractivity (Wildman–Crippen MR) is 117 cm³/mol. The third-order valence-electron chi connectivity index (χ3n) is 5.37. The Hall–Kier alpha value is -3.92. The van der Waals surface area contributed by atoms with Gasteiger partial charge in [-0.3, -0.25) is 0 Å². The molecule has 0 aliphatic heterocycles. The maximum atomic E-state index is 6.06. The summed E-state index contributed by atoms with van der Waals surface area (Å²) in [5, 5.41) is 5.81. The monoisotopic (exact) mass is 376 g/mol. The van der Waals surface area contributed by atoms with E-state index in [4.69, 9.17) is 10.8 Å². The van der Waals surface area contributed by atoms with Crippen molar-refractivity contribution in [2.75, 3.05) is 5.73 Å². The summed E-state index contributed by atoms with van der Waals surface area (Å²) in [5.74, 6) is 0.474. The summed E-state index contributed by atoms with van der Waals surface area (Å²) in [6.45, 7) is 0. The maximum Gasteiger partial charge on any atom is 0.138 e. The molecular formula is C25H20N4. The maximum absolute atomic E-state index is 6.06. The van der Waals surface area contributed by atoms with Crippen LogP contribution in [-0.4, -0.2) is 14.8 Å². The highest BCUT2D eigenvalue weighted by Crippen LogP contribution is 2.42. The highest BCUT2D eigenvalue weighted by molar-refractivity contribution is 5.81. The molecule has 0 unspecified atom stereocenters. The fraction of sp³-hybridized carbons (Fsp3) is 0.0400. The molecule has 0 atom stereocenters. The lowest BCUT2D eigenvalue weighted by atomic mass is 9.77. The van der Waals surface area contributed by atoms with Crippen molar-refractivity contribution in [3.63, 3.8) is 0 Å². The van der Waals surface area contributed by atoms with E-state index in [9.17, 15) is 0 Å². The first kappa shape index (κ1) is 17.2. The number of nitrogens with two attached hydrogens (primary N) is 1. The van der Waals surface area contributed by atoms with Crippen LogP contribution in [-0.2, 0) is 5.54 Å². The highest BCUT2D eigenvalue weighted by Gasteiger charge is 2.40. The molecule has 0 spiro atoms. The summed E-state index contributed by atoms with van der Waals surface area (Å²) in [7, 11) is 0. The van der Waals surface area contributed by atoms with Gasteiger partial charge in [-0.1, -0.05) is 91.0 Å². The van der Waals surface area contributed by atoms with Crippen LogP contribution in [0.5, 0.6) is 0 Å².